The number of nitrogens with one attached hydrogen (secondary N) is 4. The van der Waals surface area contributed by atoms with Gasteiger partial charge in [0.15, 0.2) is 0 Å². The third-order valence-electron chi connectivity index (χ3n) is 5.60. The van der Waals surface area contributed by atoms with Crippen molar-refractivity contribution in [1.29, 1.82) is 0 Å². The zero-order chi connectivity index (χ0) is 23.8. The fraction of sp³-hybridized carbons (Fsp3) is 0.417. The van der Waals surface area contributed by atoms with Crippen LogP contribution in [0.2, 0.25) is 0 Å². The molecule has 1 fully saturated rings. The molecule has 2 aliphatic heterocycles. The number of urea groups is 1. The van der Waals surface area contributed by atoms with E-state index < -0.39 is 0 Å². The highest BCUT2D eigenvalue weighted by molar-refractivity contribution is 8.04. The van der Waals surface area contributed by atoms with Gasteiger partial charge in [0, 0.05) is 55.1 Å². The molecular weight excluding hydrogens is 450 g/mol. The van der Waals surface area contributed by atoms with Crippen LogP contribution in [-0.4, -0.2) is 58.7 Å². The molecule has 0 aliphatic carbocycles. The van der Waals surface area contributed by atoms with Crippen LogP contribution < -0.4 is 21.3 Å². The van der Waals surface area contributed by atoms with Crippen LogP contribution in [-0.2, 0) is 4.79 Å². The van der Waals surface area contributed by atoms with Crippen LogP contribution in [0.3, 0.4) is 0 Å². The molecule has 0 radical (unpaired) electrons. The lowest BCUT2D eigenvalue weighted by molar-refractivity contribution is -0.116. The molecule has 3 heterocycles. The molecule has 1 aromatic carbocycles. The number of aryl methyl sites for hydroxylation is 1. The molecule has 1 aromatic heterocycles. The highest BCUT2D eigenvalue weighted by atomic mass is 32.2. The molecule has 10 heteroatoms. The van der Waals surface area contributed by atoms with Gasteiger partial charge in [0.2, 0.25) is 5.95 Å². The molecule has 1 saturated heterocycles. The number of carbonyl (C=O) groups excluding carboxylic acids is 2. The number of aromatic nitrogens is 2. The van der Waals surface area contributed by atoms with E-state index in [0.29, 0.717) is 19.0 Å². The molecule has 4 rings (SSSR count). The van der Waals surface area contributed by atoms with E-state index in [1.165, 1.54) is 0 Å². The number of allylic oxidation sites excluding steroid dienone is 1. The first-order chi connectivity index (χ1) is 16.6. The van der Waals surface area contributed by atoms with E-state index in [9.17, 15) is 9.59 Å². The number of amides is 3. The Kier molecular flexibility index (Phi) is 8.24. The SMILES string of the molecule is Cc1cnc(Nc2cccc(NC(=O)N3CCCC3)c2)nc1NCCCNC(=O)C1=CCCS1. The van der Waals surface area contributed by atoms with Crippen molar-refractivity contribution in [3.05, 3.63) is 47.0 Å². The monoisotopic (exact) mass is 481 g/mol. The lowest BCUT2D eigenvalue weighted by Crippen LogP contribution is -2.32. The third kappa shape index (κ3) is 6.63. The predicted molar refractivity (Wildman–Crippen MR) is 138 cm³/mol. The summed E-state index contributed by atoms with van der Waals surface area (Å²) in [6, 6.07) is 7.45. The van der Waals surface area contributed by atoms with Crippen LogP contribution in [0.4, 0.5) is 27.9 Å². The average molecular weight is 482 g/mol. The van der Waals surface area contributed by atoms with Gasteiger partial charge in [-0.25, -0.2) is 9.78 Å². The molecule has 0 bridgehead atoms. The van der Waals surface area contributed by atoms with Crippen LogP contribution in [0, 0.1) is 6.92 Å². The zero-order valence-electron chi connectivity index (χ0n) is 19.4. The summed E-state index contributed by atoms with van der Waals surface area (Å²) in [6.07, 6.45) is 7.63. The predicted octanol–water partition coefficient (Wildman–Crippen LogP) is 4.10. The molecule has 180 valence electrons. The number of carbonyl (C=O) groups is 2. The second kappa shape index (κ2) is 11.7. The summed E-state index contributed by atoms with van der Waals surface area (Å²) in [4.78, 5) is 36.0. The first-order valence-corrected chi connectivity index (χ1v) is 12.7. The van der Waals surface area contributed by atoms with E-state index in [-0.39, 0.29) is 11.9 Å². The quantitative estimate of drug-likeness (QED) is 0.399. The van der Waals surface area contributed by atoms with E-state index >= 15 is 0 Å². The van der Waals surface area contributed by atoms with Gasteiger partial charge in [-0.1, -0.05) is 12.1 Å². The highest BCUT2D eigenvalue weighted by Crippen LogP contribution is 2.24. The third-order valence-corrected chi connectivity index (χ3v) is 6.70. The van der Waals surface area contributed by atoms with Crippen molar-refractivity contribution in [2.75, 3.05) is 47.9 Å². The van der Waals surface area contributed by atoms with Crippen LogP contribution in [0.25, 0.3) is 0 Å². The van der Waals surface area contributed by atoms with Crippen LogP contribution in [0.15, 0.2) is 41.4 Å². The number of likely N-dealkylation sites (tertiary alicyclic amines) is 1. The summed E-state index contributed by atoms with van der Waals surface area (Å²) < 4.78 is 0. The van der Waals surface area contributed by atoms with Crippen molar-refractivity contribution < 1.29 is 9.59 Å². The average Bonchev–Trinajstić information content (AvgIpc) is 3.56. The Balaban J connectivity index is 1.27. The minimum Gasteiger partial charge on any atom is -0.370 e. The highest BCUT2D eigenvalue weighted by Gasteiger charge is 2.18. The molecule has 3 amide bonds. The summed E-state index contributed by atoms with van der Waals surface area (Å²) in [7, 11) is 0. The van der Waals surface area contributed by atoms with Gasteiger partial charge in [0.05, 0.1) is 4.91 Å². The maximum atomic E-state index is 12.4. The maximum absolute atomic E-state index is 12.4. The Morgan fingerprint density at radius 1 is 1.15 bits per heavy atom. The van der Waals surface area contributed by atoms with Crippen molar-refractivity contribution in [3.8, 4) is 0 Å². The van der Waals surface area contributed by atoms with Gasteiger partial charge in [0.1, 0.15) is 5.82 Å². The molecule has 34 heavy (non-hydrogen) atoms. The van der Waals surface area contributed by atoms with Crippen molar-refractivity contribution in [2.45, 2.75) is 32.6 Å². The fourth-order valence-electron chi connectivity index (χ4n) is 3.77. The van der Waals surface area contributed by atoms with Crippen molar-refractivity contribution in [1.82, 2.24) is 20.2 Å². The van der Waals surface area contributed by atoms with Gasteiger partial charge in [-0.3, -0.25) is 4.79 Å². The number of hydrogen-bond acceptors (Lipinski definition) is 7. The molecule has 9 nitrogen and oxygen atoms in total. The van der Waals surface area contributed by atoms with Crippen LogP contribution in [0.1, 0.15) is 31.2 Å². The van der Waals surface area contributed by atoms with Crippen LogP contribution >= 0.6 is 11.8 Å². The second-order valence-electron chi connectivity index (χ2n) is 8.30. The van der Waals surface area contributed by atoms with Gasteiger partial charge < -0.3 is 26.2 Å². The van der Waals surface area contributed by atoms with E-state index in [4.69, 9.17) is 0 Å². The largest absolute Gasteiger partial charge is 0.370 e. The van der Waals surface area contributed by atoms with Crippen molar-refractivity contribution in [2.24, 2.45) is 0 Å². The summed E-state index contributed by atoms with van der Waals surface area (Å²) in [6.45, 7) is 4.85. The second-order valence-corrected chi connectivity index (χ2v) is 9.43. The molecule has 2 aliphatic rings. The Morgan fingerprint density at radius 2 is 1.97 bits per heavy atom. The molecular formula is C24H31N7O2S. The summed E-state index contributed by atoms with van der Waals surface area (Å²) in [5.74, 6) is 2.22. The minimum atomic E-state index is -0.0670. The van der Waals surface area contributed by atoms with E-state index in [1.54, 1.807) is 18.0 Å². The van der Waals surface area contributed by atoms with Crippen molar-refractivity contribution >= 4 is 46.8 Å². The standard InChI is InChI=1S/C24H31N7O2S/c1-17-16-27-23(30-21(17)25-10-6-11-26-22(32)20-9-5-14-34-20)28-18-7-4-8-19(15-18)29-24(33)31-12-2-3-13-31/h4,7-9,15-16H,2-3,5-6,10-14H2,1H3,(H,26,32)(H,29,33)(H2,25,27,28,30). The minimum absolute atomic E-state index is 0.0195. The number of thioether (sulfide) groups is 1. The van der Waals surface area contributed by atoms with Crippen molar-refractivity contribution in [3.63, 3.8) is 0 Å². The molecule has 2 aromatic rings. The lowest BCUT2D eigenvalue weighted by atomic mass is 10.3. The Hall–Kier alpha value is -3.27. The maximum Gasteiger partial charge on any atom is 0.321 e. The topological polar surface area (TPSA) is 111 Å². The van der Waals surface area contributed by atoms with E-state index in [2.05, 4.69) is 31.2 Å². The smallest absolute Gasteiger partial charge is 0.321 e. The Morgan fingerprint density at radius 3 is 2.76 bits per heavy atom. The molecule has 0 unspecified atom stereocenters. The molecule has 0 spiro atoms. The fourth-order valence-corrected chi connectivity index (χ4v) is 4.66. The summed E-state index contributed by atoms with van der Waals surface area (Å²) in [5.41, 5.74) is 2.45. The molecule has 4 N–H and O–H groups in total. The lowest BCUT2D eigenvalue weighted by Gasteiger charge is -2.16. The number of hydrogen-bond donors (Lipinski definition) is 4. The van der Waals surface area contributed by atoms with Gasteiger partial charge in [-0.05, 0) is 50.8 Å². The first kappa shape index (κ1) is 23.9. The molecule has 0 saturated carbocycles. The van der Waals surface area contributed by atoms with E-state index in [0.717, 1.165) is 72.2 Å². The molecule has 0 atom stereocenters. The van der Waals surface area contributed by atoms with Gasteiger partial charge >= 0.3 is 6.03 Å². The number of benzene rings is 1. The Bertz CT molecular complexity index is 1050. The van der Waals surface area contributed by atoms with E-state index in [1.807, 2.05) is 42.2 Å². The zero-order valence-corrected chi connectivity index (χ0v) is 20.2. The van der Waals surface area contributed by atoms with Gasteiger partial charge in [-0.15, -0.1) is 11.8 Å². The first-order valence-electron chi connectivity index (χ1n) is 11.7. The Labute approximate surface area is 204 Å². The number of rotatable bonds is 9. The van der Waals surface area contributed by atoms with Gasteiger partial charge in [0.25, 0.3) is 5.91 Å². The van der Waals surface area contributed by atoms with Crippen LogP contribution in [0.5, 0.6) is 0 Å². The summed E-state index contributed by atoms with van der Waals surface area (Å²) in [5, 5.41) is 12.5. The number of nitrogens with zero attached hydrogens (tertiary/aromatic N) is 3. The number of anilines is 4. The van der Waals surface area contributed by atoms with Gasteiger partial charge in [-0.2, -0.15) is 4.98 Å². The summed E-state index contributed by atoms with van der Waals surface area (Å²) >= 11 is 1.61. The normalized spacial score (nSPS) is 15.1.